The summed E-state index contributed by atoms with van der Waals surface area (Å²) in [7, 11) is 0. The largest absolute Gasteiger partial charge is 0.375 e. The van der Waals surface area contributed by atoms with Crippen LogP contribution in [-0.2, 0) is 9.47 Å². The van der Waals surface area contributed by atoms with Gasteiger partial charge in [-0.1, -0.05) is 6.92 Å². The lowest BCUT2D eigenvalue weighted by molar-refractivity contribution is -0.0805. The molecule has 5 atom stereocenters. The Morgan fingerprint density at radius 1 is 1.20 bits per heavy atom. The Morgan fingerprint density at radius 3 is 2.40 bits per heavy atom. The predicted octanol–water partition coefficient (Wildman–Crippen LogP) is 3.13. The number of hydrogen-bond donors (Lipinski definition) is 1. The molecule has 0 aliphatic carbocycles. The van der Waals surface area contributed by atoms with Crippen LogP contribution in [0.1, 0.15) is 60.3 Å². The zero-order valence-corrected chi connectivity index (χ0v) is 13.7. The van der Waals surface area contributed by atoms with Crippen LogP contribution >= 0.6 is 0 Å². The van der Waals surface area contributed by atoms with Crippen LogP contribution in [0.2, 0.25) is 0 Å². The molecule has 3 fully saturated rings. The number of nitrogens with one attached hydrogen (secondary N) is 1. The van der Waals surface area contributed by atoms with Gasteiger partial charge in [0, 0.05) is 17.9 Å². The van der Waals surface area contributed by atoms with Gasteiger partial charge in [0.1, 0.15) is 0 Å². The quantitative estimate of drug-likeness (QED) is 0.859. The SMILES string of the molecule is CCNC(C1CC2CCC1O2)C1CC(C)(C)OC1(C)C. The second-order valence-corrected chi connectivity index (χ2v) is 8.13. The summed E-state index contributed by atoms with van der Waals surface area (Å²) in [5, 5.41) is 3.78. The van der Waals surface area contributed by atoms with Gasteiger partial charge in [0.15, 0.2) is 0 Å². The molecule has 0 spiro atoms. The van der Waals surface area contributed by atoms with Crippen LogP contribution in [0.4, 0.5) is 0 Å². The van der Waals surface area contributed by atoms with E-state index in [1.165, 1.54) is 19.3 Å². The smallest absolute Gasteiger partial charge is 0.0677 e. The van der Waals surface area contributed by atoms with E-state index in [2.05, 4.69) is 39.9 Å². The van der Waals surface area contributed by atoms with Gasteiger partial charge in [0.25, 0.3) is 0 Å². The third-order valence-corrected chi connectivity index (χ3v) is 5.63. The molecule has 20 heavy (non-hydrogen) atoms. The normalized spacial score (nSPS) is 43.0. The van der Waals surface area contributed by atoms with Crippen molar-refractivity contribution in [1.29, 1.82) is 0 Å². The van der Waals surface area contributed by atoms with E-state index in [0.29, 0.717) is 30.1 Å². The Hall–Kier alpha value is -0.120. The van der Waals surface area contributed by atoms with Gasteiger partial charge in [-0.3, -0.25) is 0 Å². The first-order chi connectivity index (χ1) is 9.32. The molecule has 116 valence electrons. The molecule has 0 aromatic heterocycles. The van der Waals surface area contributed by atoms with Gasteiger partial charge >= 0.3 is 0 Å². The molecular formula is C17H31NO2. The van der Waals surface area contributed by atoms with Crippen molar-refractivity contribution >= 4 is 0 Å². The Kier molecular flexibility index (Phi) is 3.67. The highest BCUT2D eigenvalue weighted by Gasteiger charge is 2.54. The fraction of sp³-hybridized carbons (Fsp3) is 1.00. The van der Waals surface area contributed by atoms with Crippen molar-refractivity contribution in [3.63, 3.8) is 0 Å². The second kappa shape index (κ2) is 4.96. The summed E-state index contributed by atoms with van der Waals surface area (Å²) in [4.78, 5) is 0. The van der Waals surface area contributed by atoms with Crippen molar-refractivity contribution in [2.45, 2.75) is 89.8 Å². The molecule has 3 nitrogen and oxygen atoms in total. The zero-order valence-electron chi connectivity index (χ0n) is 13.7. The Morgan fingerprint density at radius 2 is 1.95 bits per heavy atom. The summed E-state index contributed by atoms with van der Waals surface area (Å²) in [6, 6.07) is 0.534. The lowest BCUT2D eigenvalue weighted by Crippen LogP contribution is -2.50. The van der Waals surface area contributed by atoms with Gasteiger partial charge in [0.05, 0.1) is 23.4 Å². The number of ether oxygens (including phenoxy) is 2. The Labute approximate surface area is 123 Å². The molecule has 0 aromatic rings. The summed E-state index contributed by atoms with van der Waals surface area (Å²) in [5.74, 6) is 1.25. The van der Waals surface area contributed by atoms with E-state index in [1.54, 1.807) is 0 Å². The van der Waals surface area contributed by atoms with Crippen LogP contribution in [0, 0.1) is 11.8 Å². The number of hydrogen-bond acceptors (Lipinski definition) is 3. The fourth-order valence-corrected chi connectivity index (χ4v) is 5.05. The first-order valence-corrected chi connectivity index (χ1v) is 8.41. The molecule has 0 saturated carbocycles. The molecule has 3 heterocycles. The van der Waals surface area contributed by atoms with Gasteiger partial charge in [-0.15, -0.1) is 0 Å². The highest BCUT2D eigenvalue weighted by molar-refractivity contribution is 5.05. The minimum absolute atomic E-state index is 0.000312. The molecule has 0 amide bonds. The minimum Gasteiger partial charge on any atom is -0.375 e. The number of fused-ring (bicyclic) bond motifs is 2. The van der Waals surface area contributed by atoms with Gasteiger partial charge < -0.3 is 14.8 Å². The van der Waals surface area contributed by atoms with Crippen molar-refractivity contribution < 1.29 is 9.47 Å². The Balaban J connectivity index is 1.80. The van der Waals surface area contributed by atoms with Gasteiger partial charge in [-0.05, 0) is 59.9 Å². The van der Waals surface area contributed by atoms with Crippen molar-refractivity contribution in [2.75, 3.05) is 6.54 Å². The predicted molar refractivity (Wildman–Crippen MR) is 80.8 cm³/mol. The maximum absolute atomic E-state index is 6.33. The van der Waals surface area contributed by atoms with Crippen LogP contribution in [0.15, 0.2) is 0 Å². The molecule has 3 aliphatic rings. The summed E-state index contributed by atoms with van der Waals surface area (Å²) in [6.45, 7) is 12.3. The van der Waals surface area contributed by atoms with E-state index < -0.39 is 0 Å². The van der Waals surface area contributed by atoms with Gasteiger partial charge in [-0.2, -0.15) is 0 Å². The molecule has 3 saturated heterocycles. The maximum atomic E-state index is 6.33. The van der Waals surface area contributed by atoms with E-state index in [-0.39, 0.29) is 11.2 Å². The Bertz CT molecular complexity index is 366. The van der Waals surface area contributed by atoms with Crippen LogP contribution < -0.4 is 5.32 Å². The highest BCUT2D eigenvalue weighted by Crippen LogP contribution is 2.49. The van der Waals surface area contributed by atoms with Crippen molar-refractivity contribution in [3.05, 3.63) is 0 Å². The highest BCUT2D eigenvalue weighted by atomic mass is 16.5. The molecule has 3 aliphatic heterocycles. The molecule has 1 N–H and O–H groups in total. The monoisotopic (exact) mass is 281 g/mol. The fourth-order valence-electron chi connectivity index (χ4n) is 5.05. The second-order valence-electron chi connectivity index (χ2n) is 8.13. The average molecular weight is 281 g/mol. The molecule has 3 rings (SSSR count). The van der Waals surface area contributed by atoms with Crippen molar-refractivity contribution in [1.82, 2.24) is 5.32 Å². The maximum Gasteiger partial charge on any atom is 0.0677 e. The molecule has 5 unspecified atom stereocenters. The summed E-state index contributed by atoms with van der Waals surface area (Å²) < 4.78 is 12.4. The first kappa shape index (κ1) is 14.8. The van der Waals surface area contributed by atoms with Crippen LogP contribution in [0.25, 0.3) is 0 Å². The van der Waals surface area contributed by atoms with E-state index >= 15 is 0 Å². The lowest BCUT2D eigenvalue weighted by atomic mass is 9.72. The number of rotatable bonds is 4. The summed E-state index contributed by atoms with van der Waals surface area (Å²) in [5.41, 5.74) is -0.0432. The van der Waals surface area contributed by atoms with Crippen LogP contribution in [0.3, 0.4) is 0 Å². The topological polar surface area (TPSA) is 30.5 Å². The average Bonchev–Trinajstić information content (AvgIpc) is 2.98. The minimum atomic E-state index is -0.0435. The van der Waals surface area contributed by atoms with Crippen LogP contribution in [0.5, 0.6) is 0 Å². The summed E-state index contributed by atoms with van der Waals surface area (Å²) in [6.07, 6.45) is 5.94. The molecule has 3 heteroatoms. The van der Waals surface area contributed by atoms with Gasteiger partial charge in [-0.25, -0.2) is 0 Å². The third kappa shape index (κ3) is 2.53. The van der Waals surface area contributed by atoms with Crippen LogP contribution in [-0.4, -0.2) is 36.0 Å². The molecule has 0 radical (unpaired) electrons. The van der Waals surface area contributed by atoms with E-state index in [9.17, 15) is 0 Å². The molecule has 2 bridgehead atoms. The van der Waals surface area contributed by atoms with E-state index in [1.807, 2.05) is 0 Å². The molecule has 0 aromatic carbocycles. The summed E-state index contributed by atoms with van der Waals surface area (Å²) >= 11 is 0. The third-order valence-electron chi connectivity index (χ3n) is 5.63. The van der Waals surface area contributed by atoms with Gasteiger partial charge in [0.2, 0.25) is 0 Å². The standard InChI is InChI=1S/C17H31NO2/c1-6-18-15(12-9-11-7-8-14(12)19-11)13-10-16(2,3)20-17(13,4)5/h11-15,18H,6-10H2,1-5H3. The van der Waals surface area contributed by atoms with Crippen molar-refractivity contribution in [3.8, 4) is 0 Å². The first-order valence-electron chi connectivity index (χ1n) is 8.41. The van der Waals surface area contributed by atoms with Crippen molar-refractivity contribution in [2.24, 2.45) is 11.8 Å². The lowest BCUT2D eigenvalue weighted by Gasteiger charge is -2.38. The molecular weight excluding hydrogens is 250 g/mol. The zero-order chi connectivity index (χ0) is 14.5. The van der Waals surface area contributed by atoms with E-state index in [0.717, 1.165) is 13.0 Å². The van der Waals surface area contributed by atoms with E-state index in [4.69, 9.17) is 9.47 Å².